The molecule has 7 nitrogen and oxygen atoms in total. The number of nitrogens with zero attached hydrogens (tertiary/aromatic N) is 2. The Hall–Kier alpha value is -1.93. The molecule has 3 amide bonds. The Morgan fingerprint density at radius 1 is 1.07 bits per heavy atom. The number of carboxylic acid groups (broad SMARTS) is 1. The molecule has 152 valence electrons. The monoisotopic (exact) mass is 387 g/mol. The summed E-state index contributed by atoms with van der Waals surface area (Å²) < 4.78 is 25.4. The highest BCUT2D eigenvalue weighted by Crippen LogP contribution is 2.29. The van der Waals surface area contributed by atoms with Crippen LogP contribution in [-0.2, 0) is 9.59 Å². The number of urea groups is 1. The molecule has 3 aliphatic rings. The van der Waals surface area contributed by atoms with Gasteiger partial charge in [0.2, 0.25) is 12.3 Å². The van der Waals surface area contributed by atoms with Gasteiger partial charge in [0.25, 0.3) is 0 Å². The van der Waals surface area contributed by atoms with E-state index in [9.17, 15) is 23.2 Å². The highest BCUT2D eigenvalue weighted by atomic mass is 19.3. The number of aliphatic carboxylic acids is 1. The lowest BCUT2D eigenvalue weighted by molar-refractivity contribution is -0.141. The third-order valence-electron chi connectivity index (χ3n) is 6.16. The number of carbonyl (C=O) groups is 3. The van der Waals surface area contributed by atoms with Crippen LogP contribution in [0.5, 0.6) is 0 Å². The maximum Gasteiger partial charge on any atom is 0.317 e. The summed E-state index contributed by atoms with van der Waals surface area (Å²) in [5.74, 6) is -2.26. The van der Waals surface area contributed by atoms with Crippen LogP contribution in [0.2, 0.25) is 0 Å². The molecule has 0 bridgehead atoms. The van der Waals surface area contributed by atoms with Gasteiger partial charge in [-0.25, -0.2) is 13.6 Å². The van der Waals surface area contributed by atoms with Crippen molar-refractivity contribution in [3.63, 3.8) is 0 Å². The molecule has 3 fully saturated rings. The third kappa shape index (κ3) is 4.68. The quantitative estimate of drug-likeness (QED) is 0.771. The van der Waals surface area contributed by atoms with Crippen LogP contribution in [0.4, 0.5) is 13.6 Å². The molecule has 0 spiro atoms. The first-order valence-electron chi connectivity index (χ1n) is 9.71. The van der Waals surface area contributed by atoms with E-state index in [1.807, 2.05) is 0 Å². The van der Waals surface area contributed by atoms with Gasteiger partial charge >= 0.3 is 12.0 Å². The number of carbonyl (C=O) groups excluding carboxylic acids is 2. The molecule has 0 aromatic carbocycles. The molecule has 2 N–H and O–H groups in total. The van der Waals surface area contributed by atoms with Crippen LogP contribution in [0.3, 0.4) is 0 Å². The highest BCUT2D eigenvalue weighted by Gasteiger charge is 2.39. The largest absolute Gasteiger partial charge is 0.481 e. The summed E-state index contributed by atoms with van der Waals surface area (Å²) in [5, 5.41) is 12.0. The van der Waals surface area contributed by atoms with Crippen LogP contribution in [0.15, 0.2) is 0 Å². The summed E-state index contributed by atoms with van der Waals surface area (Å²) >= 11 is 0. The summed E-state index contributed by atoms with van der Waals surface area (Å²) in [6.45, 7) is 1.26. The number of rotatable bonds is 4. The number of hydrogen-bond donors (Lipinski definition) is 2. The smallest absolute Gasteiger partial charge is 0.317 e. The second kappa shape index (κ2) is 8.39. The molecule has 0 radical (unpaired) electrons. The molecule has 1 saturated carbocycles. The topological polar surface area (TPSA) is 90.0 Å². The molecule has 1 unspecified atom stereocenters. The fourth-order valence-corrected chi connectivity index (χ4v) is 4.41. The van der Waals surface area contributed by atoms with Gasteiger partial charge < -0.3 is 20.2 Å². The second-order valence-corrected chi connectivity index (χ2v) is 7.90. The van der Waals surface area contributed by atoms with Crippen molar-refractivity contribution >= 4 is 17.9 Å². The maximum absolute atomic E-state index is 12.7. The van der Waals surface area contributed by atoms with Crippen LogP contribution >= 0.6 is 0 Å². The minimum Gasteiger partial charge on any atom is -0.481 e. The van der Waals surface area contributed by atoms with Crippen molar-refractivity contribution < 1.29 is 28.3 Å². The van der Waals surface area contributed by atoms with Gasteiger partial charge in [0.05, 0.1) is 5.92 Å². The van der Waals surface area contributed by atoms with Gasteiger partial charge in [0, 0.05) is 44.1 Å². The van der Waals surface area contributed by atoms with Crippen molar-refractivity contribution in [1.29, 1.82) is 0 Å². The van der Waals surface area contributed by atoms with Crippen molar-refractivity contribution in [3.8, 4) is 0 Å². The van der Waals surface area contributed by atoms with Crippen molar-refractivity contribution in [1.82, 2.24) is 15.1 Å². The van der Waals surface area contributed by atoms with Crippen molar-refractivity contribution in [2.24, 2.45) is 11.8 Å². The molecular weight excluding hydrogens is 360 g/mol. The number of amides is 3. The number of likely N-dealkylation sites (tertiary alicyclic amines) is 2. The van der Waals surface area contributed by atoms with Crippen molar-refractivity contribution in [2.75, 3.05) is 19.6 Å². The lowest BCUT2D eigenvalue weighted by Gasteiger charge is -2.38. The van der Waals surface area contributed by atoms with E-state index in [-0.39, 0.29) is 37.0 Å². The van der Waals surface area contributed by atoms with E-state index in [0.29, 0.717) is 51.6 Å². The number of alkyl halides is 2. The van der Waals surface area contributed by atoms with E-state index in [0.717, 1.165) is 0 Å². The van der Waals surface area contributed by atoms with E-state index < -0.39 is 24.2 Å². The van der Waals surface area contributed by atoms with Gasteiger partial charge in [-0.05, 0) is 38.5 Å². The van der Waals surface area contributed by atoms with E-state index >= 15 is 0 Å². The molecule has 1 atom stereocenters. The number of halogens is 2. The van der Waals surface area contributed by atoms with Gasteiger partial charge in [-0.1, -0.05) is 0 Å². The summed E-state index contributed by atoms with van der Waals surface area (Å²) in [5.41, 5.74) is 0. The maximum atomic E-state index is 12.7. The summed E-state index contributed by atoms with van der Waals surface area (Å²) in [6.07, 6.45) is 1.06. The Morgan fingerprint density at radius 2 is 1.70 bits per heavy atom. The van der Waals surface area contributed by atoms with Gasteiger partial charge in [-0.3, -0.25) is 9.59 Å². The number of nitrogens with one attached hydrogen (secondary N) is 1. The van der Waals surface area contributed by atoms with Crippen LogP contribution in [0, 0.1) is 11.8 Å². The first kappa shape index (κ1) is 19.8. The molecule has 0 aromatic heterocycles. The Kier molecular flexibility index (Phi) is 6.16. The number of carboxylic acids is 1. The fraction of sp³-hybridized carbons (Fsp3) is 0.833. The van der Waals surface area contributed by atoms with E-state index in [2.05, 4.69) is 5.32 Å². The number of piperidine rings is 1. The molecular formula is C18H27F2N3O4. The minimum atomic E-state index is -2.28. The Balaban J connectivity index is 1.42. The van der Waals surface area contributed by atoms with Crippen LogP contribution < -0.4 is 5.32 Å². The van der Waals surface area contributed by atoms with Gasteiger partial charge in [-0.2, -0.15) is 0 Å². The SMILES string of the molecule is O=C(O)C1CC(=O)N(C2CCN(C(=O)NC3CCC(C(F)F)CC3)CC2)C1. The van der Waals surface area contributed by atoms with Gasteiger partial charge in [-0.15, -0.1) is 0 Å². The van der Waals surface area contributed by atoms with Crippen molar-refractivity contribution in [3.05, 3.63) is 0 Å². The molecule has 27 heavy (non-hydrogen) atoms. The predicted molar refractivity (Wildman–Crippen MR) is 92.3 cm³/mol. The van der Waals surface area contributed by atoms with Crippen LogP contribution in [-0.4, -0.2) is 71.0 Å². The first-order valence-corrected chi connectivity index (χ1v) is 9.71. The van der Waals surface area contributed by atoms with Crippen molar-refractivity contribution in [2.45, 2.75) is 63.5 Å². The van der Waals surface area contributed by atoms with Crippen LogP contribution in [0.25, 0.3) is 0 Å². The Labute approximate surface area is 157 Å². The summed E-state index contributed by atoms with van der Waals surface area (Å²) in [4.78, 5) is 38.9. The fourth-order valence-electron chi connectivity index (χ4n) is 4.41. The zero-order valence-corrected chi connectivity index (χ0v) is 15.3. The second-order valence-electron chi connectivity index (χ2n) is 7.90. The summed E-state index contributed by atoms with van der Waals surface area (Å²) in [7, 11) is 0. The van der Waals surface area contributed by atoms with Crippen LogP contribution in [0.1, 0.15) is 44.9 Å². The van der Waals surface area contributed by atoms with E-state index in [1.165, 1.54) is 0 Å². The minimum absolute atomic E-state index is 0.0209. The lowest BCUT2D eigenvalue weighted by Crippen LogP contribution is -2.52. The Morgan fingerprint density at radius 3 is 2.22 bits per heavy atom. The average Bonchev–Trinajstić information content (AvgIpc) is 3.04. The molecule has 1 aliphatic carbocycles. The molecule has 0 aromatic rings. The zero-order valence-electron chi connectivity index (χ0n) is 15.3. The third-order valence-corrected chi connectivity index (χ3v) is 6.16. The first-order chi connectivity index (χ1) is 12.8. The molecule has 3 rings (SSSR count). The molecule has 9 heteroatoms. The van der Waals surface area contributed by atoms with E-state index in [4.69, 9.17) is 5.11 Å². The lowest BCUT2D eigenvalue weighted by atomic mass is 9.86. The van der Waals surface area contributed by atoms with E-state index in [1.54, 1.807) is 9.80 Å². The molecule has 2 aliphatic heterocycles. The zero-order chi connectivity index (χ0) is 19.6. The summed E-state index contributed by atoms with van der Waals surface area (Å²) in [6, 6.07) is -0.251. The normalized spacial score (nSPS) is 30.0. The molecule has 2 heterocycles. The number of hydrogen-bond acceptors (Lipinski definition) is 3. The standard InChI is InChI=1S/C18H27F2N3O4/c19-16(20)11-1-3-13(4-2-11)21-18(27)22-7-5-14(6-8-22)23-10-12(17(25)26)9-15(23)24/h11-14,16H,1-10H2,(H,21,27)(H,25,26). The highest BCUT2D eigenvalue weighted by molar-refractivity contribution is 5.86. The van der Waals surface area contributed by atoms with Gasteiger partial charge in [0.15, 0.2) is 0 Å². The Bertz CT molecular complexity index is 573. The predicted octanol–water partition coefficient (Wildman–Crippen LogP) is 1.92. The van der Waals surface area contributed by atoms with Gasteiger partial charge in [0.1, 0.15) is 0 Å². The molecule has 2 saturated heterocycles. The average molecular weight is 387 g/mol.